The van der Waals surface area contributed by atoms with Gasteiger partial charge in [0.1, 0.15) is 6.54 Å². The first-order chi connectivity index (χ1) is 9.45. The minimum absolute atomic E-state index is 0.164. The predicted molar refractivity (Wildman–Crippen MR) is 75.1 cm³/mol. The average molecular weight is 297 g/mol. The third-order valence-corrected chi connectivity index (χ3v) is 5.21. The quantitative estimate of drug-likeness (QED) is 0.836. The van der Waals surface area contributed by atoms with E-state index >= 15 is 0 Å². The van der Waals surface area contributed by atoms with Crippen molar-refractivity contribution in [3.63, 3.8) is 0 Å². The Hall–Kier alpha value is -1.40. The van der Waals surface area contributed by atoms with Gasteiger partial charge in [0.25, 0.3) is 0 Å². The molecular formula is C14H19NO4S. The SMILES string of the molecule is CCCN(CC(=O)O)S(=O)(=O)c1ccc(C2CC2)cc1. The Morgan fingerprint density at radius 2 is 1.90 bits per heavy atom. The molecule has 5 nitrogen and oxygen atoms in total. The summed E-state index contributed by atoms with van der Waals surface area (Å²) in [6, 6.07) is 6.81. The lowest BCUT2D eigenvalue weighted by molar-refractivity contribution is -0.137. The van der Waals surface area contributed by atoms with Gasteiger partial charge < -0.3 is 5.11 Å². The van der Waals surface area contributed by atoms with Crippen molar-refractivity contribution in [2.24, 2.45) is 0 Å². The molecule has 20 heavy (non-hydrogen) atoms. The Labute approximate surface area is 119 Å². The average Bonchev–Trinajstić information content (AvgIpc) is 3.22. The van der Waals surface area contributed by atoms with Crippen LogP contribution in [-0.2, 0) is 14.8 Å². The predicted octanol–water partition coefficient (Wildman–Crippen LogP) is 2.05. The fraction of sp³-hybridized carbons (Fsp3) is 0.500. The Kier molecular flexibility index (Phi) is 4.45. The first-order valence-corrected chi connectivity index (χ1v) is 8.21. The van der Waals surface area contributed by atoms with Crippen molar-refractivity contribution in [3.8, 4) is 0 Å². The van der Waals surface area contributed by atoms with Crippen molar-refractivity contribution in [2.75, 3.05) is 13.1 Å². The van der Waals surface area contributed by atoms with Gasteiger partial charge in [0, 0.05) is 6.54 Å². The second kappa shape index (κ2) is 5.93. The molecule has 0 saturated heterocycles. The van der Waals surface area contributed by atoms with Gasteiger partial charge in [0.15, 0.2) is 0 Å². The Morgan fingerprint density at radius 3 is 2.35 bits per heavy atom. The zero-order valence-electron chi connectivity index (χ0n) is 11.4. The maximum atomic E-state index is 12.4. The minimum atomic E-state index is -3.73. The van der Waals surface area contributed by atoms with E-state index in [0.29, 0.717) is 12.3 Å². The Morgan fingerprint density at radius 1 is 1.30 bits per heavy atom. The van der Waals surface area contributed by atoms with Crippen LogP contribution in [0.3, 0.4) is 0 Å². The third-order valence-electron chi connectivity index (χ3n) is 3.35. The van der Waals surface area contributed by atoms with Gasteiger partial charge in [-0.15, -0.1) is 0 Å². The van der Waals surface area contributed by atoms with Gasteiger partial charge in [-0.2, -0.15) is 4.31 Å². The zero-order chi connectivity index (χ0) is 14.8. The van der Waals surface area contributed by atoms with E-state index in [0.717, 1.165) is 22.7 Å². The van der Waals surface area contributed by atoms with Crippen LogP contribution in [-0.4, -0.2) is 36.9 Å². The number of aliphatic carboxylic acids is 1. The van der Waals surface area contributed by atoms with Crippen LogP contribution in [0.25, 0.3) is 0 Å². The second-order valence-corrected chi connectivity index (χ2v) is 7.01. The molecule has 0 aromatic heterocycles. The van der Waals surface area contributed by atoms with Gasteiger partial charge in [0.2, 0.25) is 10.0 Å². The molecule has 0 spiro atoms. The van der Waals surface area contributed by atoms with Crippen molar-refractivity contribution < 1.29 is 18.3 Å². The molecule has 0 amide bonds. The van der Waals surface area contributed by atoms with E-state index in [2.05, 4.69) is 0 Å². The van der Waals surface area contributed by atoms with Crippen molar-refractivity contribution in [2.45, 2.75) is 37.0 Å². The molecule has 1 aromatic carbocycles. The molecule has 6 heteroatoms. The molecule has 0 radical (unpaired) electrons. The van der Waals surface area contributed by atoms with E-state index in [-0.39, 0.29) is 11.4 Å². The first kappa shape index (κ1) is 15.0. The topological polar surface area (TPSA) is 74.7 Å². The number of hydrogen-bond acceptors (Lipinski definition) is 3. The fourth-order valence-corrected chi connectivity index (χ4v) is 3.64. The molecule has 0 unspecified atom stereocenters. The summed E-state index contributed by atoms with van der Waals surface area (Å²) < 4.78 is 25.8. The molecule has 2 rings (SSSR count). The first-order valence-electron chi connectivity index (χ1n) is 6.77. The Bertz CT molecular complexity index is 576. The van der Waals surface area contributed by atoms with Gasteiger partial charge in [-0.25, -0.2) is 8.42 Å². The summed E-state index contributed by atoms with van der Waals surface area (Å²) in [4.78, 5) is 11.0. The van der Waals surface area contributed by atoms with Crippen LogP contribution >= 0.6 is 0 Å². The van der Waals surface area contributed by atoms with E-state index in [4.69, 9.17) is 5.11 Å². The molecule has 0 bridgehead atoms. The maximum absolute atomic E-state index is 12.4. The van der Waals surface area contributed by atoms with Crippen molar-refractivity contribution >= 4 is 16.0 Å². The lowest BCUT2D eigenvalue weighted by atomic mass is 10.1. The molecule has 1 fully saturated rings. The van der Waals surface area contributed by atoms with Crippen LogP contribution in [0.1, 0.15) is 37.7 Å². The normalized spacial score (nSPS) is 15.5. The minimum Gasteiger partial charge on any atom is -0.480 e. The molecule has 1 aromatic rings. The molecule has 1 N–H and O–H groups in total. The van der Waals surface area contributed by atoms with E-state index < -0.39 is 22.5 Å². The highest BCUT2D eigenvalue weighted by atomic mass is 32.2. The standard InChI is InChI=1S/C14H19NO4S/c1-2-9-15(10-14(16)17)20(18,19)13-7-5-12(6-8-13)11-3-4-11/h5-8,11H,2-4,9-10H2,1H3,(H,16,17). The van der Waals surface area contributed by atoms with Crippen molar-refractivity contribution in [1.29, 1.82) is 0 Å². The summed E-state index contributed by atoms with van der Waals surface area (Å²) in [5.41, 5.74) is 1.16. The number of benzene rings is 1. The molecular weight excluding hydrogens is 278 g/mol. The number of rotatable bonds is 7. The van der Waals surface area contributed by atoms with Crippen LogP contribution in [0.15, 0.2) is 29.2 Å². The fourth-order valence-electron chi connectivity index (χ4n) is 2.16. The zero-order valence-corrected chi connectivity index (χ0v) is 12.3. The lowest BCUT2D eigenvalue weighted by Gasteiger charge is -2.19. The molecule has 0 heterocycles. The number of hydrogen-bond donors (Lipinski definition) is 1. The summed E-state index contributed by atoms with van der Waals surface area (Å²) in [6.45, 7) is 1.53. The molecule has 110 valence electrons. The monoisotopic (exact) mass is 297 g/mol. The highest BCUT2D eigenvalue weighted by Crippen LogP contribution is 2.40. The summed E-state index contributed by atoms with van der Waals surface area (Å²) in [5, 5.41) is 8.84. The second-order valence-electron chi connectivity index (χ2n) is 5.08. The number of carboxylic acid groups (broad SMARTS) is 1. The number of nitrogens with zero attached hydrogens (tertiary/aromatic N) is 1. The van der Waals surface area contributed by atoms with Gasteiger partial charge in [-0.05, 0) is 42.9 Å². The smallest absolute Gasteiger partial charge is 0.318 e. The molecule has 0 aliphatic heterocycles. The third kappa shape index (κ3) is 3.37. The lowest BCUT2D eigenvalue weighted by Crippen LogP contribution is -2.36. The summed E-state index contributed by atoms with van der Waals surface area (Å²) in [6.07, 6.45) is 2.90. The van der Waals surface area contributed by atoms with Crippen LogP contribution in [0.4, 0.5) is 0 Å². The molecule has 1 aliphatic carbocycles. The summed E-state index contributed by atoms with van der Waals surface area (Å²) in [5.74, 6) is -0.575. The van der Waals surface area contributed by atoms with Crippen molar-refractivity contribution in [3.05, 3.63) is 29.8 Å². The van der Waals surface area contributed by atoms with Gasteiger partial charge in [-0.1, -0.05) is 19.1 Å². The highest BCUT2D eigenvalue weighted by Gasteiger charge is 2.27. The Balaban J connectivity index is 2.23. The van der Waals surface area contributed by atoms with E-state index in [9.17, 15) is 13.2 Å². The number of carboxylic acids is 1. The van der Waals surface area contributed by atoms with Crippen LogP contribution in [0.2, 0.25) is 0 Å². The number of sulfonamides is 1. The van der Waals surface area contributed by atoms with Crippen LogP contribution < -0.4 is 0 Å². The molecule has 1 aliphatic rings. The highest BCUT2D eigenvalue weighted by molar-refractivity contribution is 7.89. The summed E-state index contributed by atoms with van der Waals surface area (Å²) in [7, 11) is -3.73. The number of carbonyl (C=O) groups is 1. The van der Waals surface area contributed by atoms with Crippen molar-refractivity contribution in [1.82, 2.24) is 4.31 Å². The molecule has 1 saturated carbocycles. The van der Waals surface area contributed by atoms with Gasteiger partial charge in [-0.3, -0.25) is 4.79 Å². The maximum Gasteiger partial charge on any atom is 0.318 e. The van der Waals surface area contributed by atoms with E-state index in [1.807, 2.05) is 19.1 Å². The van der Waals surface area contributed by atoms with Crippen LogP contribution in [0, 0.1) is 0 Å². The van der Waals surface area contributed by atoms with Gasteiger partial charge >= 0.3 is 5.97 Å². The van der Waals surface area contributed by atoms with Crippen LogP contribution in [0.5, 0.6) is 0 Å². The van der Waals surface area contributed by atoms with Gasteiger partial charge in [0.05, 0.1) is 4.90 Å². The summed E-state index contributed by atoms with van der Waals surface area (Å²) >= 11 is 0. The molecule has 0 atom stereocenters. The van der Waals surface area contributed by atoms with E-state index in [1.165, 1.54) is 0 Å². The largest absolute Gasteiger partial charge is 0.480 e. The van der Waals surface area contributed by atoms with E-state index in [1.54, 1.807) is 12.1 Å².